The summed E-state index contributed by atoms with van der Waals surface area (Å²) in [7, 11) is 1.68. The van der Waals surface area contributed by atoms with E-state index in [9.17, 15) is 0 Å². The molecule has 0 spiro atoms. The Hall–Kier alpha value is -0.530. The summed E-state index contributed by atoms with van der Waals surface area (Å²) in [6.45, 7) is 1.93. The van der Waals surface area contributed by atoms with E-state index >= 15 is 0 Å². The lowest BCUT2D eigenvalue weighted by molar-refractivity contribution is 0.103. The molecule has 0 amide bonds. The van der Waals surface area contributed by atoms with E-state index in [1.807, 2.05) is 37.3 Å². The molecule has 0 saturated carbocycles. The maximum absolute atomic E-state index is 5.95. The molecule has 66 valence electrons. The largest absolute Gasteiger partial charge is 0.375 e. The first-order valence-corrected chi connectivity index (χ1v) is 4.41. The minimum absolute atomic E-state index is 0.00241. The number of benzene rings is 1. The molecular formula is C10H13ClO. The van der Waals surface area contributed by atoms with Crippen molar-refractivity contribution in [1.82, 2.24) is 0 Å². The van der Waals surface area contributed by atoms with Crippen LogP contribution in [0.3, 0.4) is 0 Å². The predicted octanol–water partition coefficient (Wildman–Crippen LogP) is 3.00. The van der Waals surface area contributed by atoms with Crippen LogP contribution in [0.2, 0.25) is 0 Å². The van der Waals surface area contributed by atoms with E-state index in [0.29, 0.717) is 0 Å². The van der Waals surface area contributed by atoms with Crippen molar-refractivity contribution >= 4 is 11.6 Å². The van der Waals surface area contributed by atoms with Crippen LogP contribution in [-0.2, 0) is 4.74 Å². The quantitative estimate of drug-likeness (QED) is 0.657. The smallest absolute Gasteiger partial charge is 0.0981 e. The molecule has 1 nitrogen and oxygen atoms in total. The Kier molecular flexibility index (Phi) is 3.57. The number of ether oxygens (including phenoxy) is 1. The summed E-state index contributed by atoms with van der Waals surface area (Å²) in [5, 5.41) is -0.00241. The van der Waals surface area contributed by atoms with Gasteiger partial charge in [0.05, 0.1) is 11.5 Å². The molecule has 0 radical (unpaired) electrons. The van der Waals surface area contributed by atoms with Crippen LogP contribution in [0.4, 0.5) is 0 Å². The first-order chi connectivity index (χ1) is 5.75. The van der Waals surface area contributed by atoms with Crippen LogP contribution in [0.5, 0.6) is 0 Å². The fraction of sp³-hybridized carbons (Fsp3) is 0.400. The Morgan fingerprint density at radius 2 is 1.83 bits per heavy atom. The molecule has 0 fully saturated rings. The zero-order valence-corrected chi connectivity index (χ0v) is 8.08. The second kappa shape index (κ2) is 4.48. The zero-order chi connectivity index (χ0) is 8.97. The van der Waals surface area contributed by atoms with Gasteiger partial charge in [-0.15, -0.1) is 11.6 Å². The molecule has 0 N–H and O–H groups in total. The van der Waals surface area contributed by atoms with Crippen molar-refractivity contribution in [3.63, 3.8) is 0 Å². The lowest BCUT2D eigenvalue weighted by atomic mass is 10.1. The molecule has 2 atom stereocenters. The van der Waals surface area contributed by atoms with Gasteiger partial charge in [-0.25, -0.2) is 0 Å². The standard InChI is InChI=1S/C10H13ClO/c1-8(11)10(12-2)9-6-4-3-5-7-9/h3-8,10H,1-2H3/t8-,10-/m1/s1. The maximum atomic E-state index is 5.95. The van der Waals surface area contributed by atoms with Gasteiger partial charge in [-0.05, 0) is 12.5 Å². The average molecular weight is 185 g/mol. The molecule has 12 heavy (non-hydrogen) atoms. The van der Waals surface area contributed by atoms with Crippen molar-refractivity contribution in [3.05, 3.63) is 35.9 Å². The molecule has 0 bridgehead atoms. The molecule has 0 aromatic heterocycles. The molecule has 0 saturated heterocycles. The average Bonchev–Trinajstić information content (AvgIpc) is 2.07. The van der Waals surface area contributed by atoms with Crippen LogP contribution >= 0.6 is 11.6 Å². The highest BCUT2D eigenvalue weighted by Gasteiger charge is 2.15. The van der Waals surface area contributed by atoms with Gasteiger partial charge in [-0.3, -0.25) is 0 Å². The number of halogens is 1. The molecule has 0 aliphatic carbocycles. The monoisotopic (exact) mass is 184 g/mol. The Morgan fingerprint density at radius 3 is 2.25 bits per heavy atom. The molecule has 1 aromatic carbocycles. The Morgan fingerprint density at radius 1 is 1.25 bits per heavy atom. The fourth-order valence-electron chi connectivity index (χ4n) is 1.23. The summed E-state index contributed by atoms with van der Waals surface area (Å²) in [5.41, 5.74) is 1.13. The summed E-state index contributed by atoms with van der Waals surface area (Å²) < 4.78 is 5.27. The van der Waals surface area contributed by atoms with Crippen molar-refractivity contribution in [2.45, 2.75) is 18.4 Å². The van der Waals surface area contributed by atoms with Crippen LogP contribution in [-0.4, -0.2) is 12.5 Å². The van der Waals surface area contributed by atoms with Crippen LogP contribution in [0.15, 0.2) is 30.3 Å². The van der Waals surface area contributed by atoms with E-state index in [2.05, 4.69) is 0 Å². The molecule has 0 aliphatic rings. The minimum Gasteiger partial charge on any atom is -0.375 e. The first-order valence-electron chi connectivity index (χ1n) is 3.97. The summed E-state index contributed by atoms with van der Waals surface area (Å²) >= 11 is 5.95. The van der Waals surface area contributed by atoms with Gasteiger partial charge in [-0.2, -0.15) is 0 Å². The van der Waals surface area contributed by atoms with E-state index < -0.39 is 0 Å². The zero-order valence-electron chi connectivity index (χ0n) is 7.33. The van der Waals surface area contributed by atoms with E-state index in [1.54, 1.807) is 7.11 Å². The van der Waals surface area contributed by atoms with Gasteiger partial charge in [0.1, 0.15) is 0 Å². The van der Waals surface area contributed by atoms with Crippen LogP contribution in [0, 0.1) is 0 Å². The fourth-order valence-corrected chi connectivity index (χ4v) is 1.48. The van der Waals surface area contributed by atoms with Crippen molar-refractivity contribution in [2.24, 2.45) is 0 Å². The van der Waals surface area contributed by atoms with Crippen molar-refractivity contribution < 1.29 is 4.74 Å². The van der Waals surface area contributed by atoms with E-state index in [-0.39, 0.29) is 11.5 Å². The van der Waals surface area contributed by atoms with Gasteiger partial charge in [0.15, 0.2) is 0 Å². The lowest BCUT2D eigenvalue weighted by Crippen LogP contribution is -2.11. The highest BCUT2D eigenvalue weighted by atomic mass is 35.5. The molecule has 1 rings (SSSR count). The molecule has 0 aliphatic heterocycles. The Balaban J connectivity index is 2.80. The Bertz CT molecular complexity index is 221. The third-order valence-corrected chi connectivity index (χ3v) is 2.03. The maximum Gasteiger partial charge on any atom is 0.0981 e. The normalized spacial score (nSPS) is 15.6. The molecule has 1 aromatic rings. The van der Waals surface area contributed by atoms with E-state index in [0.717, 1.165) is 5.56 Å². The second-order valence-corrected chi connectivity index (χ2v) is 3.43. The lowest BCUT2D eigenvalue weighted by Gasteiger charge is -2.17. The predicted molar refractivity (Wildman–Crippen MR) is 51.5 cm³/mol. The third-order valence-electron chi connectivity index (χ3n) is 1.80. The van der Waals surface area contributed by atoms with Gasteiger partial charge < -0.3 is 4.74 Å². The third kappa shape index (κ3) is 2.23. The van der Waals surface area contributed by atoms with Crippen LogP contribution in [0.25, 0.3) is 0 Å². The van der Waals surface area contributed by atoms with E-state index in [4.69, 9.17) is 16.3 Å². The molecule has 0 unspecified atom stereocenters. The van der Waals surface area contributed by atoms with Crippen molar-refractivity contribution in [1.29, 1.82) is 0 Å². The van der Waals surface area contributed by atoms with Crippen molar-refractivity contribution in [3.8, 4) is 0 Å². The number of hydrogen-bond acceptors (Lipinski definition) is 1. The summed E-state index contributed by atoms with van der Waals surface area (Å²) in [4.78, 5) is 0. The van der Waals surface area contributed by atoms with Gasteiger partial charge in [0, 0.05) is 7.11 Å². The van der Waals surface area contributed by atoms with Gasteiger partial charge in [0.2, 0.25) is 0 Å². The van der Waals surface area contributed by atoms with Gasteiger partial charge >= 0.3 is 0 Å². The van der Waals surface area contributed by atoms with Crippen molar-refractivity contribution in [2.75, 3.05) is 7.11 Å². The van der Waals surface area contributed by atoms with Crippen LogP contribution < -0.4 is 0 Å². The number of methoxy groups -OCH3 is 1. The Labute approximate surface area is 78.3 Å². The minimum atomic E-state index is -0.00660. The van der Waals surface area contributed by atoms with Gasteiger partial charge in [0.25, 0.3) is 0 Å². The second-order valence-electron chi connectivity index (χ2n) is 2.74. The number of rotatable bonds is 3. The topological polar surface area (TPSA) is 9.23 Å². The highest BCUT2D eigenvalue weighted by molar-refractivity contribution is 6.20. The molecule has 2 heteroatoms. The summed E-state index contributed by atoms with van der Waals surface area (Å²) in [6, 6.07) is 10.00. The van der Waals surface area contributed by atoms with Crippen LogP contribution in [0.1, 0.15) is 18.6 Å². The number of hydrogen-bond donors (Lipinski definition) is 0. The highest BCUT2D eigenvalue weighted by Crippen LogP contribution is 2.23. The SMILES string of the molecule is CO[C@@H](c1ccccc1)[C@@H](C)Cl. The summed E-state index contributed by atoms with van der Waals surface area (Å²) in [5.74, 6) is 0. The van der Waals surface area contributed by atoms with E-state index in [1.165, 1.54) is 0 Å². The number of alkyl halides is 1. The molecular weight excluding hydrogens is 172 g/mol. The first kappa shape index (κ1) is 9.56. The van der Waals surface area contributed by atoms with Gasteiger partial charge in [-0.1, -0.05) is 30.3 Å². The molecule has 0 heterocycles. The summed E-state index contributed by atoms with van der Waals surface area (Å²) in [6.07, 6.45) is -0.00660.